The van der Waals surface area contributed by atoms with Crippen molar-refractivity contribution in [2.24, 2.45) is 4.99 Å². The summed E-state index contributed by atoms with van der Waals surface area (Å²) in [6.45, 7) is 9.21. The molecule has 2 aromatic carbocycles. The zero-order valence-corrected chi connectivity index (χ0v) is 21.8. The fraction of sp³-hybridized carbons (Fsp3) is 0.500. The Bertz CT molecular complexity index is 911. The smallest absolute Gasteiger partial charge is 0.193 e. The second-order valence-electron chi connectivity index (χ2n) is 8.77. The first kappa shape index (κ1) is 25.0. The van der Waals surface area contributed by atoms with E-state index in [-0.39, 0.29) is 35.5 Å². The Labute approximate surface area is 209 Å². The minimum atomic E-state index is 0. The molecule has 2 saturated heterocycles. The van der Waals surface area contributed by atoms with Gasteiger partial charge in [-0.15, -0.1) is 24.0 Å². The molecule has 2 fully saturated rings. The highest BCUT2D eigenvalue weighted by Gasteiger charge is 2.36. The van der Waals surface area contributed by atoms with Crippen LogP contribution in [0.2, 0.25) is 0 Å². The molecule has 4 rings (SSSR count). The van der Waals surface area contributed by atoms with Gasteiger partial charge in [-0.2, -0.15) is 0 Å². The number of guanidine groups is 1. The molecule has 1 atom stereocenters. The lowest BCUT2D eigenvalue weighted by atomic mass is 9.72. The van der Waals surface area contributed by atoms with Crippen LogP contribution in [0.3, 0.4) is 0 Å². The predicted molar refractivity (Wildman–Crippen MR) is 141 cm³/mol. The van der Waals surface area contributed by atoms with Crippen LogP contribution in [0.5, 0.6) is 0 Å². The number of nitrogens with one attached hydrogen (secondary N) is 1. The second kappa shape index (κ2) is 11.5. The number of hydrogen-bond donors (Lipinski definition) is 1. The van der Waals surface area contributed by atoms with Crippen molar-refractivity contribution in [1.82, 2.24) is 10.2 Å². The Balaban J connectivity index is 0.00000289. The van der Waals surface area contributed by atoms with Gasteiger partial charge in [-0.1, -0.05) is 48.5 Å². The van der Waals surface area contributed by atoms with Crippen LogP contribution in [0.15, 0.2) is 53.5 Å². The quantitative estimate of drug-likeness (QED) is 0.344. The Morgan fingerprint density at radius 2 is 1.72 bits per heavy atom. The summed E-state index contributed by atoms with van der Waals surface area (Å²) < 4.78 is 11.9. The molecule has 174 valence electrons. The number of aryl methyl sites for hydroxylation is 2. The first-order valence-electron chi connectivity index (χ1n) is 11.4. The van der Waals surface area contributed by atoms with Gasteiger partial charge in [0.05, 0.1) is 13.2 Å². The summed E-state index contributed by atoms with van der Waals surface area (Å²) in [5.41, 5.74) is 5.40. The molecule has 0 spiro atoms. The number of rotatable bonds is 4. The Kier molecular flexibility index (Phi) is 8.96. The molecule has 0 aromatic heterocycles. The lowest BCUT2D eigenvalue weighted by Gasteiger charge is -2.41. The van der Waals surface area contributed by atoms with Crippen molar-refractivity contribution in [3.05, 3.63) is 70.8 Å². The lowest BCUT2D eigenvalue weighted by Crippen LogP contribution is -2.52. The maximum absolute atomic E-state index is 6.13. The molecular weight excluding hydrogens is 513 g/mol. The third kappa shape index (κ3) is 5.46. The summed E-state index contributed by atoms with van der Waals surface area (Å²) in [5.74, 6) is 0.960. The van der Waals surface area contributed by atoms with Crippen molar-refractivity contribution in [3.63, 3.8) is 0 Å². The standard InChI is InChI=1S/C26H35N3O2.HI/c1-20-8-4-6-10-22(20)24-18-29(14-17-31-24)25(27-3)28-19-26(12-15-30-16-13-26)23-11-7-5-9-21(23)2;/h4-11,24H,12-19H2,1-3H3,(H,27,28);1H. The van der Waals surface area contributed by atoms with Crippen LogP contribution < -0.4 is 5.32 Å². The third-order valence-electron chi connectivity index (χ3n) is 6.86. The monoisotopic (exact) mass is 549 g/mol. The maximum Gasteiger partial charge on any atom is 0.193 e. The molecule has 2 aromatic rings. The predicted octanol–water partition coefficient (Wildman–Crippen LogP) is 4.62. The maximum atomic E-state index is 6.13. The third-order valence-corrected chi connectivity index (χ3v) is 6.86. The molecule has 0 bridgehead atoms. The Morgan fingerprint density at radius 3 is 2.41 bits per heavy atom. The number of ether oxygens (including phenoxy) is 2. The van der Waals surface area contributed by atoms with E-state index in [0.29, 0.717) is 6.61 Å². The number of benzene rings is 2. The van der Waals surface area contributed by atoms with Gasteiger partial charge in [-0.25, -0.2) is 0 Å². The average Bonchev–Trinajstić information content (AvgIpc) is 2.81. The Hall–Kier alpha value is -1.64. The van der Waals surface area contributed by atoms with Crippen LogP contribution in [0.4, 0.5) is 0 Å². The van der Waals surface area contributed by atoms with Gasteiger partial charge < -0.3 is 19.7 Å². The van der Waals surface area contributed by atoms with E-state index in [9.17, 15) is 0 Å². The van der Waals surface area contributed by atoms with Gasteiger partial charge in [0.25, 0.3) is 0 Å². The minimum Gasteiger partial charge on any atom is -0.381 e. The van der Waals surface area contributed by atoms with Crippen LogP contribution in [-0.2, 0) is 14.9 Å². The van der Waals surface area contributed by atoms with E-state index < -0.39 is 0 Å². The van der Waals surface area contributed by atoms with E-state index in [4.69, 9.17) is 9.47 Å². The highest BCUT2D eigenvalue weighted by Crippen LogP contribution is 2.36. The first-order chi connectivity index (χ1) is 15.1. The fourth-order valence-electron chi connectivity index (χ4n) is 5.03. The van der Waals surface area contributed by atoms with E-state index in [1.807, 2.05) is 7.05 Å². The van der Waals surface area contributed by atoms with Gasteiger partial charge in [0.2, 0.25) is 0 Å². The first-order valence-corrected chi connectivity index (χ1v) is 11.4. The summed E-state index contributed by atoms with van der Waals surface area (Å²) in [6.07, 6.45) is 2.12. The number of halogens is 1. The van der Waals surface area contributed by atoms with Crippen molar-refractivity contribution in [2.75, 3.05) is 46.5 Å². The molecule has 2 aliphatic heterocycles. The van der Waals surface area contributed by atoms with Crippen LogP contribution in [0.25, 0.3) is 0 Å². The molecule has 2 heterocycles. The van der Waals surface area contributed by atoms with Crippen molar-refractivity contribution in [3.8, 4) is 0 Å². The minimum absolute atomic E-state index is 0. The summed E-state index contributed by atoms with van der Waals surface area (Å²) in [5, 5.41) is 3.73. The van der Waals surface area contributed by atoms with Crippen molar-refractivity contribution in [2.45, 2.75) is 38.2 Å². The zero-order chi connectivity index (χ0) is 21.7. The molecule has 32 heavy (non-hydrogen) atoms. The van der Waals surface area contributed by atoms with E-state index in [0.717, 1.165) is 51.6 Å². The van der Waals surface area contributed by atoms with E-state index in [2.05, 4.69) is 77.6 Å². The van der Waals surface area contributed by atoms with E-state index in [1.54, 1.807) is 0 Å². The van der Waals surface area contributed by atoms with E-state index >= 15 is 0 Å². The molecule has 0 amide bonds. The number of hydrogen-bond acceptors (Lipinski definition) is 3. The van der Waals surface area contributed by atoms with Crippen LogP contribution in [0, 0.1) is 13.8 Å². The SMILES string of the molecule is CN=C(NCC1(c2ccccc2C)CCOCC1)N1CCOC(c2ccccc2C)C1.I. The van der Waals surface area contributed by atoms with E-state index in [1.165, 1.54) is 22.3 Å². The van der Waals surface area contributed by atoms with Gasteiger partial charge in [0.15, 0.2) is 5.96 Å². The summed E-state index contributed by atoms with van der Waals surface area (Å²) in [7, 11) is 1.88. The van der Waals surface area contributed by atoms with Gasteiger partial charge in [0, 0.05) is 38.8 Å². The molecule has 6 heteroatoms. The highest BCUT2D eigenvalue weighted by molar-refractivity contribution is 14.0. The van der Waals surface area contributed by atoms with Crippen LogP contribution >= 0.6 is 24.0 Å². The largest absolute Gasteiger partial charge is 0.381 e. The topological polar surface area (TPSA) is 46.1 Å². The molecule has 0 aliphatic carbocycles. The normalized spacial score (nSPS) is 21.0. The highest BCUT2D eigenvalue weighted by atomic mass is 127. The number of nitrogens with zero attached hydrogens (tertiary/aromatic N) is 2. The van der Waals surface area contributed by atoms with Gasteiger partial charge >= 0.3 is 0 Å². The molecule has 0 radical (unpaired) electrons. The van der Waals surface area contributed by atoms with Crippen molar-refractivity contribution >= 4 is 29.9 Å². The molecule has 2 aliphatic rings. The number of aliphatic imine (C=N–C) groups is 1. The van der Waals surface area contributed by atoms with Gasteiger partial charge in [0.1, 0.15) is 6.10 Å². The number of morpholine rings is 1. The van der Waals surface area contributed by atoms with Gasteiger partial charge in [-0.3, -0.25) is 4.99 Å². The average molecular weight is 549 g/mol. The lowest BCUT2D eigenvalue weighted by molar-refractivity contribution is -0.00864. The molecule has 1 unspecified atom stereocenters. The molecule has 5 nitrogen and oxygen atoms in total. The summed E-state index contributed by atoms with van der Waals surface area (Å²) in [6, 6.07) is 17.3. The molecule has 1 N–H and O–H groups in total. The van der Waals surface area contributed by atoms with Crippen molar-refractivity contribution in [1.29, 1.82) is 0 Å². The molecular formula is C26H36IN3O2. The van der Waals surface area contributed by atoms with Crippen LogP contribution in [0.1, 0.15) is 41.2 Å². The van der Waals surface area contributed by atoms with Gasteiger partial charge in [-0.05, 0) is 48.9 Å². The second-order valence-corrected chi connectivity index (χ2v) is 8.77. The zero-order valence-electron chi connectivity index (χ0n) is 19.5. The van der Waals surface area contributed by atoms with Crippen molar-refractivity contribution < 1.29 is 9.47 Å². The fourth-order valence-corrected chi connectivity index (χ4v) is 5.03. The molecule has 0 saturated carbocycles. The summed E-state index contributed by atoms with van der Waals surface area (Å²) in [4.78, 5) is 6.98. The van der Waals surface area contributed by atoms with Crippen LogP contribution in [-0.4, -0.2) is 57.4 Å². The summed E-state index contributed by atoms with van der Waals surface area (Å²) >= 11 is 0. The Morgan fingerprint density at radius 1 is 1.03 bits per heavy atom.